The molecule has 0 saturated heterocycles. The second-order valence-corrected chi connectivity index (χ2v) is 3.72. The van der Waals surface area contributed by atoms with Crippen LogP contribution in [0.5, 0.6) is 5.75 Å². The van der Waals surface area contributed by atoms with Crippen molar-refractivity contribution in [2.24, 2.45) is 0 Å². The van der Waals surface area contributed by atoms with Crippen LogP contribution in [0.15, 0.2) is 18.2 Å². The van der Waals surface area contributed by atoms with Crippen molar-refractivity contribution in [3.63, 3.8) is 0 Å². The maximum atomic E-state index is 12.6. The molecule has 0 spiro atoms. The lowest BCUT2D eigenvalue weighted by Crippen LogP contribution is -2.34. The van der Waals surface area contributed by atoms with Gasteiger partial charge in [-0.1, -0.05) is 0 Å². The number of ether oxygens (including phenoxy) is 1. The molecule has 0 radical (unpaired) electrons. The summed E-state index contributed by atoms with van der Waals surface area (Å²) in [6.07, 6.45) is -8.92. The van der Waals surface area contributed by atoms with E-state index in [0.29, 0.717) is 12.1 Å². The van der Waals surface area contributed by atoms with Gasteiger partial charge in [0.15, 0.2) is 6.61 Å². The molecule has 1 aromatic carbocycles. The molecule has 0 aliphatic heterocycles. The summed E-state index contributed by atoms with van der Waals surface area (Å²) >= 11 is 0. The Kier molecular flexibility index (Phi) is 4.61. The van der Waals surface area contributed by atoms with Crippen molar-refractivity contribution in [1.29, 1.82) is 0 Å². The van der Waals surface area contributed by atoms with E-state index in [2.05, 4.69) is 4.74 Å². The van der Waals surface area contributed by atoms with Crippen LogP contribution in [0.2, 0.25) is 0 Å². The Balaban J connectivity index is 3.04. The topological polar surface area (TPSA) is 26.3 Å². The predicted octanol–water partition coefficient (Wildman–Crippen LogP) is 3.80. The summed E-state index contributed by atoms with van der Waals surface area (Å²) in [6, 6.07) is 1.88. The van der Waals surface area contributed by atoms with Crippen LogP contribution in [0.25, 0.3) is 0 Å². The van der Waals surface area contributed by atoms with Gasteiger partial charge < -0.3 is 4.74 Å². The number of carbonyl (C=O) groups excluding carboxylic acids is 1. The van der Waals surface area contributed by atoms with E-state index in [1.807, 2.05) is 0 Å². The van der Waals surface area contributed by atoms with E-state index < -0.39 is 36.4 Å². The molecule has 112 valence electrons. The highest BCUT2D eigenvalue weighted by atomic mass is 19.4. The number of hydrogen-bond acceptors (Lipinski definition) is 2. The Labute approximate surface area is 108 Å². The summed E-state index contributed by atoms with van der Waals surface area (Å²) in [5, 5.41) is 0. The van der Waals surface area contributed by atoms with Crippen LogP contribution in [-0.2, 0) is 6.18 Å². The summed E-state index contributed by atoms with van der Waals surface area (Å²) in [5.41, 5.74) is -1.85. The Hall–Kier alpha value is -1.80. The molecule has 20 heavy (non-hydrogen) atoms. The third-order valence-corrected chi connectivity index (χ3v) is 2.18. The van der Waals surface area contributed by atoms with Gasteiger partial charge in [0, 0.05) is 5.56 Å². The van der Waals surface area contributed by atoms with Gasteiger partial charge in [0.1, 0.15) is 12.0 Å². The fraction of sp³-hybridized carbons (Fsp3) is 0.364. The van der Waals surface area contributed by atoms with Gasteiger partial charge in [0.05, 0.1) is 5.56 Å². The van der Waals surface area contributed by atoms with Gasteiger partial charge in [-0.05, 0) is 18.2 Å². The molecule has 0 N–H and O–H groups in total. The number of halogens is 7. The molecule has 0 atom stereocenters. The number of hydrogen-bond donors (Lipinski definition) is 0. The van der Waals surface area contributed by atoms with E-state index in [1.54, 1.807) is 0 Å². The largest absolute Gasteiger partial charge is 0.486 e. The third kappa shape index (κ3) is 3.84. The maximum Gasteiger partial charge on any atom is 0.419 e. The Morgan fingerprint density at radius 3 is 2.20 bits per heavy atom. The van der Waals surface area contributed by atoms with E-state index in [-0.39, 0.29) is 11.8 Å². The summed E-state index contributed by atoms with van der Waals surface area (Å²) in [7, 11) is 0. The molecule has 0 aliphatic rings. The third-order valence-electron chi connectivity index (χ3n) is 2.18. The van der Waals surface area contributed by atoms with E-state index in [9.17, 15) is 35.5 Å². The molecule has 9 heteroatoms. The van der Waals surface area contributed by atoms with Crippen LogP contribution in [0.1, 0.15) is 15.9 Å². The molecule has 0 bridgehead atoms. The van der Waals surface area contributed by atoms with Gasteiger partial charge in [0.25, 0.3) is 0 Å². The van der Waals surface area contributed by atoms with E-state index in [0.717, 1.165) is 6.07 Å². The zero-order chi connectivity index (χ0) is 15.6. The van der Waals surface area contributed by atoms with Crippen LogP contribution in [0, 0.1) is 0 Å². The number of alkyl halides is 7. The highest BCUT2D eigenvalue weighted by Crippen LogP contribution is 2.37. The van der Waals surface area contributed by atoms with Crippen LogP contribution in [-0.4, -0.2) is 25.2 Å². The maximum absolute atomic E-state index is 12.6. The van der Waals surface area contributed by atoms with E-state index >= 15 is 0 Å². The van der Waals surface area contributed by atoms with Crippen molar-refractivity contribution < 1.29 is 40.3 Å². The molecule has 2 nitrogen and oxygen atoms in total. The smallest absolute Gasteiger partial charge is 0.419 e. The molecule has 0 aliphatic carbocycles. The number of benzene rings is 1. The van der Waals surface area contributed by atoms with Crippen molar-refractivity contribution in [3.05, 3.63) is 29.3 Å². The van der Waals surface area contributed by atoms with Crippen molar-refractivity contribution in [2.45, 2.75) is 18.5 Å². The lowest BCUT2D eigenvalue weighted by atomic mass is 10.1. The quantitative estimate of drug-likeness (QED) is 0.611. The zero-order valence-electron chi connectivity index (χ0n) is 9.56. The molecule has 0 heterocycles. The molecular formula is C11H7F7O2. The number of aldehydes is 1. The van der Waals surface area contributed by atoms with Crippen molar-refractivity contribution >= 4 is 6.29 Å². The summed E-state index contributed by atoms with van der Waals surface area (Å²) in [4.78, 5) is 10.4. The average Bonchev–Trinajstić information content (AvgIpc) is 2.35. The molecule has 0 saturated carbocycles. The molecular weight excluding hydrogens is 297 g/mol. The zero-order valence-corrected chi connectivity index (χ0v) is 9.56. The fourth-order valence-corrected chi connectivity index (χ4v) is 1.21. The minimum absolute atomic E-state index is 0.118. The monoisotopic (exact) mass is 304 g/mol. The normalized spacial score (nSPS) is 12.6. The lowest BCUT2D eigenvalue weighted by Gasteiger charge is -2.18. The Morgan fingerprint density at radius 2 is 1.75 bits per heavy atom. The predicted molar refractivity (Wildman–Crippen MR) is 53.3 cm³/mol. The lowest BCUT2D eigenvalue weighted by molar-refractivity contribution is -0.153. The summed E-state index contributed by atoms with van der Waals surface area (Å²) < 4.78 is 90.9. The van der Waals surface area contributed by atoms with Gasteiger partial charge in [-0.2, -0.15) is 22.0 Å². The highest BCUT2D eigenvalue weighted by Gasteiger charge is 2.43. The second-order valence-electron chi connectivity index (χ2n) is 3.72. The summed E-state index contributed by atoms with van der Waals surface area (Å²) in [6.45, 7) is -1.91. The number of carbonyl (C=O) groups is 1. The standard InChI is InChI=1S/C11H7F7O2/c12-9(13)10(14,15)5-20-8-2-1-6(4-19)3-7(8)11(16,17)18/h1-4,9H,5H2. The van der Waals surface area contributed by atoms with E-state index in [4.69, 9.17) is 0 Å². The molecule has 0 fully saturated rings. The van der Waals surface area contributed by atoms with Crippen LogP contribution >= 0.6 is 0 Å². The SMILES string of the molecule is O=Cc1ccc(OCC(F)(F)C(F)F)c(C(F)(F)F)c1. The molecule has 1 aromatic rings. The van der Waals surface area contributed by atoms with E-state index in [1.165, 1.54) is 0 Å². The van der Waals surface area contributed by atoms with Crippen LogP contribution in [0.3, 0.4) is 0 Å². The average molecular weight is 304 g/mol. The van der Waals surface area contributed by atoms with Gasteiger partial charge >= 0.3 is 18.5 Å². The van der Waals surface area contributed by atoms with Gasteiger partial charge in [-0.15, -0.1) is 0 Å². The first-order valence-electron chi connectivity index (χ1n) is 5.03. The number of rotatable bonds is 5. The second kappa shape index (κ2) is 5.68. The van der Waals surface area contributed by atoms with Crippen LogP contribution < -0.4 is 4.74 Å². The Morgan fingerprint density at radius 1 is 1.15 bits per heavy atom. The minimum Gasteiger partial charge on any atom is -0.486 e. The van der Waals surface area contributed by atoms with Crippen molar-refractivity contribution in [2.75, 3.05) is 6.61 Å². The first-order valence-corrected chi connectivity index (χ1v) is 5.03. The van der Waals surface area contributed by atoms with Gasteiger partial charge in [0.2, 0.25) is 0 Å². The van der Waals surface area contributed by atoms with Crippen molar-refractivity contribution in [1.82, 2.24) is 0 Å². The molecule has 0 unspecified atom stereocenters. The molecule has 0 aromatic heterocycles. The van der Waals surface area contributed by atoms with Crippen LogP contribution in [0.4, 0.5) is 30.7 Å². The first-order chi connectivity index (χ1) is 9.08. The summed E-state index contributed by atoms with van der Waals surface area (Å²) in [5.74, 6) is -5.63. The fourth-order valence-electron chi connectivity index (χ4n) is 1.21. The van der Waals surface area contributed by atoms with Crippen molar-refractivity contribution in [3.8, 4) is 5.75 Å². The van der Waals surface area contributed by atoms with Gasteiger partial charge in [-0.25, -0.2) is 8.78 Å². The Bertz CT molecular complexity index is 482. The highest BCUT2D eigenvalue weighted by molar-refractivity contribution is 5.75. The van der Waals surface area contributed by atoms with Gasteiger partial charge in [-0.3, -0.25) is 4.79 Å². The first kappa shape index (κ1) is 16.3. The minimum atomic E-state index is -4.98. The molecule has 0 amide bonds. The molecule has 1 rings (SSSR count).